The summed E-state index contributed by atoms with van der Waals surface area (Å²) in [7, 11) is 0. The van der Waals surface area contributed by atoms with E-state index in [4.69, 9.17) is 17.3 Å². The molecule has 2 nitrogen and oxygen atoms in total. The first kappa shape index (κ1) is 12.6. The van der Waals surface area contributed by atoms with E-state index in [2.05, 4.69) is 4.98 Å². The molecule has 0 amide bonds. The molecule has 6 heteroatoms. The zero-order chi connectivity index (χ0) is 12.7. The third kappa shape index (κ3) is 2.72. The molecule has 0 aliphatic heterocycles. The summed E-state index contributed by atoms with van der Waals surface area (Å²) in [5.74, 6) is 0. The summed E-state index contributed by atoms with van der Waals surface area (Å²) in [6.45, 7) is 0.472. The Hall–Kier alpha value is -0.810. The quantitative estimate of drug-likeness (QED) is 0.853. The number of alkyl halides is 3. The van der Waals surface area contributed by atoms with Crippen LogP contribution in [-0.4, -0.2) is 11.5 Å². The third-order valence-corrected chi connectivity index (χ3v) is 3.53. The molecule has 1 aliphatic carbocycles. The number of aromatic nitrogens is 1. The van der Waals surface area contributed by atoms with Gasteiger partial charge in [-0.1, -0.05) is 11.6 Å². The van der Waals surface area contributed by atoms with Crippen LogP contribution in [0.25, 0.3) is 0 Å². The average molecular weight is 265 g/mol. The smallest absolute Gasteiger partial charge is 0.330 e. The second-order valence-electron chi connectivity index (χ2n) is 4.55. The first-order chi connectivity index (χ1) is 7.86. The van der Waals surface area contributed by atoms with Crippen LogP contribution in [0, 0.1) is 5.41 Å². The molecule has 17 heavy (non-hydrogen) atoms. The lowest BCUT2D eigenvalue weighted by Crippen LogP contribution is -2.18. The van der Waals surface area contributed by atoms with Crippen molar-refractivity contribution in [1.29, 1.82) is 0 Å². The number of hydrogen-bond donors (Lipinski definition) is 1. The summed E-state index contributed by atoms with van der Waals surface area (Å²) in [5.41, 5.74) is 5.22. The molecule has 1 aromatic heterocycles. The maximum Gasteiger partial charge on any atom is 0.417 e. The van der Waals surface area contributed by atoms with Crippen molar-refractivity contribution in [2.45, 2.75) is 25.4 Å². The van der Waals surface area contributed by atoms with Crippen LogP contribution in [0.2, 0.25) is 5.15 Å². The molecule has 0 aromatic carbocycles. The van der Waals surface area contributed by atoms with Crippen LogP contribution in [0.15, 0.2) is 12.3 Å². The number of nitrogens with zero attached hydrogens (tertiary/aromatic N) is 1. The number of hydrogen-bond acceptors (Lipinski definition) is 2. The van der Waals surface area contributed by atoms with Crippen molar-refractivity contribution in [2.75, 3.05) is 6.54 Å². The lowest BCUT2D eigenvalue weighted by molar-refractivity contribution is -0.137. The lowest BCUT2D eigenvalue weighted by atomic mass is 9.97. The summed E-state index contributed by atoms with van der Waals surface area (Å²) in [6.07, 6.45) is -1.27. The van der Waals surface area contributed by atoms with E-state index in [0.717, 1.165) is 25.1 Å². The van der Waals surface area contributed by atoms with Gasteiger partial charge in [0.05, 0.1) is 5.56 Å². The Morgan fingerprint density at radius 1 is 1.41 bits per heavy atom. The second-order valence-corrected chi connectivity index (χ2v) is 4.91. The van der Waals surface area contributed by atoms with E-state index in [9.17, 15) is 13.2 Å². The molecule has 2 N–H and O–H groups in total. The van der Waals surface area contributed by atoms with Crippen molar-refractivity contribution >= 4 is 11.6 Å². The lowest BCUT2D eigenvalue weighted by Gasteiger charge is -2.14. The Morgan fingerprint density at radius 2 is 2.06 bits per heavy atom. The number of nitrogens with two attached hydrogens (primary N) is 1. The van der Waals surface area contributed by atoms with Crippen LogP contribution in [0.1, 0.15) is 24.0 Å². The molecule has 0 radical (unpaired) electrons. The fourth-order valence-corrected chi connectivity index (χ4v) is 1.98. The fraction of sp³-hybridized carbons (Fsp3) is 0.545. The van der Waals surface area contributed by atoms with Gasteiger partial charge in [0.25, 0.3) is 0 Å². The van der Waals surface area contributed by atoms with E-state index in [0.29, 0.717) is 18.5 Å². The average Bonchev–Trinajstić information content (AvgIpc) is 3.00. The molecule has 0 atom stereocenters. The predicted octanol–water partition coefficient (Wildman–Crippen LogP) is 3.04. The molecule has 1 aromatic rings. The third-order valence-electron chi connectivity index (χ3n) is 3.19. The van der Waals surface area contributed by atoms with Crippen LogP contribution < -0.4 is 5.73 Å². The molecule has 2 rings (SSSR count). The van der Waals surface area contributed by atoms with Crippen molar-refractivity contribution in [3.05, 3.63) is 28.5 Å². The van der Waals surface area contributed by atoms with Gasteiger partial charge in [-0.15, -0.1) is 0 Å². The summed E-state index contributed by atoms with van der Waals surface area (Å²) in [4.78, 5) is 3.60. The minimum Gasteiger partial charge on any atom is -0.330 e. The molecular weight excluding hydrogens is 253 g/mol. The molecule has 1 saturated carbocycles. The SMILES string of the molecule is NCC1(Cc2cc(C(F)(F)F)cnc2Cl)CC1. The molecule has 1 aliphatic rings. The summed E-state index contributed by atoms with van der Waals surface area (Å²) in [5, 5.41) is 0.137. The molecule has 1 heterocycles. The maximum absolute atomic E-state index is 12.5. The monoisotopic (exact) mass is 264 g/mol. The van der Waals surface area contributed by atoms with Gasteiger partial charge in [0.2, 0.25) is 0 Å². The number of halogens is 4. The van der Waals surface area contributed by atoms with Gasteiger partial charge in [-0.2, -0.15) is 13.2 Å². The van der Waals surface area contributed by atoms with Gasteiger partial charge in [0, 0.05) is 6.20 Å². The maximum atomic E-state index is 12.5. The van der Waals surface area contributed by atoms with Crippen molar-refractivity contribution < 1.29 is 13.2 Å². The Bertz CT molecular complexity index is 427. The fourth-order valence-electron chi connectivity index (χ4n) is 1.81. The van der Waals surface area contributed by atoms with Crippen LogP contribution in [0.3, 0.4) is 0 Å². The second kappa shape index (κ2) is 4.14. The van der Waals surface area contributed by atoms with Gasteiger partial charge in [-0.3, -0.25) is 0 Å². The molecule has 1 fully saturated rings. The Balaban J connectivity index is 2.27. The van der Waals surface area contributed by atoms with Crippen molar-refractivity contribution in [3.63, 3.8) is 0 Å². The number of rotatable bonds is 3. The zero-order valence-corrected chi connectivity index (χ0v) is 9.78. The normalized spacial score (nSPS) is 18.2. The zero-order valence-electron chi connectivity index (χ0n) is 9.02. The first-order valence-electron chi connectivity index (χ1n) is 5.28. The number of pyridine rings is 1. The summed E-state index contributed by atoms with van der Waals surface area (Å²) >= 11 is 5.82. The highest BCUT2D eigenvalue weighted by Gasteiger charge is 2.42. The Kier molecular flexibility index (Phi) is 3.08. The van der Waals surface area contributed by atoms with Gasteiger partial charge in [-0.25, -0.2) is 4.98 Å². The molecule has 94 valence electrons. The molecule has 0 bridgehead atoms. The van der Waals surface area contributed by atoms with Gasteiger partial charge >= 0.3 is 6.18 Å². The van der Waals surface area contributed by atoms with Gasteiger partial charge < -0.3 is 5.73 Å². The highest BCUT2D eigenvalue weighted by atomic mass is 35.5. The van der Waals surface area contributed by atoms with Gasteiger partial charge in [0.15, 0.2) is 0 Å². The minimum absolute atomic E-state index is 0.0600. The largest absolute Gasteiger partial charge is 0.417 e. The van der Waals surface area contributed by atoms with Crippen molar-refractivity contribution in [3.8, 4) is 0 Å². The van der Waals surface area contributed by atoms with Crippen molar-refractivity contribution in [2.24, 2.45) is 11.1 Å². The van der Waals surface area contributed by atoms with E-state index in [-0.39, 0.29) is 10.6 Å². The Morgan fingerprint density at radius 3 is 2.53 bits per heavy atom. The highest BCUT2D eigenvalue weighted by Crippen LogP contribution is 2.48. The van der Waals surface area contributed by atoms with E-state index in [1.165, 1.54) is 0 Å². The van der Waals surface area contributed by atoms with E-state index in [1.54, 1.807) is 0 Å². The van der Waals surface area contributed by atoms with Crippen LogP contribution >= 0.6 is 11.6 Å². The molecular formula is C11H12ClF3N2. The van der Waals surface area contributed by atoms with Crippen molar-refractivity contribution in [1.82, 2.24) is 4.98 Å². The Labute approximate surface area is 102 Å². The minimum atomic E-state index is -4.38. The van der Waals surface area contributed by atoms with E-state index >= 15 is 0 Å². The van der Waals surface area contributed by atoms with Gasteiger partial charge in [0.1, 0.15) is 5.15 Å². The van der Waals surface area contributed by atoms with E-state index in [1.807, 2.05) is 0 Å². The van der Waals surface area contributed by atoms with E-state index < -0.39 is 11.7 Å². The van der Waals surface area contributed by atoms with Crippen LogP contribution in [0.4, 0.5) is 13.2 Å². The molecule has 0 unspecified atom stereocenters. The molecule has 0 saturated heterocycles. The van der Waals surface area contributed by atoms with Crippen LogP contribution in [0.5, 0.6) is 0 Å². The van der Waals surface area contributed by atoms with Crippen LogP contribution in [-0.2, 0) is 12.6 Å². The first-order valence-corrected chi connectivity index (χ1v) is 5.66. The summed E-state index contributed by atoms with van der Waals surface area (Å²) in [6, 6.07) is 1.07. The van der Waals surface area contributed by atoms with Gasteiger partial charge in [-0.05, 0) is 42.9 Å². The standard InChI is InChI=1S/C11H12ClF3N2/c12-9-7(4-10(6-16)1-2-10)3-8(5-17-9)11(13,14)15/h3,5H,1-2,4,6,16H2. The molecule has 0 spiro atoms. The predicted molar refractivity (Wildman–Crippen MR) is 58.7 cm³/mol. The highest BCUT2D eigenvalue weighted by molar-refractivity contribution is 6.30. The summed E-state index contributed by atoms with van der Waals surface area (Å²) < 4.78 is 37.6. The topological polar surface area (TPSA) is 38.9 Å².